The fourth-order valence-corrected chi connectivity index (χ4v) is 2.49. The highest BCUT2D eigenvalue weighted by Crippen LogP contribution is 2.31. The number of ether oxygens (including phenoxy) is 1. The first-order valence-corrected chi connectivity index (χ1v) is 8.42. The van der Waals surface area contributed by atoms with Crippen molar-refractivity contribution in [3.63, 3.8) is 0 Å². The van der Waals surface area contributed by atoms with Gasteiger partial charge in [0.15, 0.2) is 11.6 Å². The summed E-state index contributed by atoms with van der Waals surface area (Å²) < 4.78 is 20.4. The molecule has 1 aromatic carbocycles. The third-order valence-corrected chi connectivity index (χ3v) is 3.82. The lowest BCUT2D eigenvalue weighted by Crippen LogP contribution is -2.03. The molecule has 0 saturated heterocycles. The van der Waals surface area contributed by atoms with Crippen LogP contribution in [0.15, 0.2) is 29.7 Å². The molecule has 9 heteroatoms. The Bertz CT molecular complexity index is 958. The van der Waals surface area contributed by atoms with Gasteiger partial charge in [-0.3, -0.25) is 0 Å². The number of aromatic amines is 1. The van der Waals surface area contributed by atoms with E-state index >= 15 is 0 Å². The van der Waals surface area contributed by atoms with Gasteiger partial charge in [0.25, 0.3) is 0 Å². The maximum absolute atomic E-state index is 14.7. The molecule has 27 heavy (non-hydrogen) atoms. The van der Waals surface area contributed by atoms with Gasteiger partial charge in [-0.1, -0.05) is 5.16 Å². The van der Waals surface area contributed by atoms with Crippen LogP contribution in [0.1, 0.15) is 24.1 Å². The Kier molecular flexibility index (Phi) is 5.82. The van der Waals surface area contributed by atoms with Crippen molar-refractivity contribution in [3.8, 4) is 11.6 Å². The van der Waals surface area contributed by atoms with Crippen LogP contribution in [-0.2, 0) is 4.84 Å². The SMILES string of the molecule is Cc1cc2c(F)c(Oc3ncnc(N)c3/C=N/OCCCCO)ccc2[nH]1. The number of nitrogens with one attached hydrogen (secondary N) is 1. The van der Waals surface area contributed by atoms with Crippen molar-refractivity contribution < 1.29 is 19.1 Å². The molecule has 0 atom stereocenters. The van der Waals surface area contributed by atoms with Crippen molar-refractivity contribution in [3.05, 3.63) is 41.6 Å². The molecular weight excluding hydrogens is 353 g/mol. The van der Waals surface area contributed by atoms with Crippen LogP contribution in [0.2, 0.25) is 0 Å². The number of hydrogen-bond donors (Lipinski definition) is 3. The minimum atomic E-state index is -0.503. The average molecular weight is 373 g/mol. The number of hydrogen-bond acceptors (Lipinski definition) is 7. The summed E-state index contributed by atoms with van der Waals surface area (Å²) in [4.78, 5) is 16.1. The van der Waals surface area contributed by atoms with Crippen LogP contribution in [0.4, 0.5) is 10.2 Å². The molecule has 0 aliphatic heterocycles. The summed E-state index contributed by atoms with van der Waals surface area (Å²) >= 11 is 0. The lowest BCUT2D eigenvalue weighted by atomic mass is 10.2. The molecule has 0 fully saturated rings. The molecule has 0 aliphatic rings. The molecule has 3 aromatic rings. The van der Waals surface area contributed by atoms with Gasteiger partial charge >= 0.3 is 0 Å². The summed E-state index contributed by atoms with van der Waals surface area (Å²) in [5.41, 5.74) is 7.67. The molecule has 142 valence electrons. The fourth-order valence-electron chi connectivity index (χ4n) is 2.49. The molecule has 3 rings (SSSR count). The van der Waals surface area contributed by atoms with E-state index in [4.69, 9.17) is 20.4 Å². The number of anilines is 1. The van der Waals surface area contributed by atoms with E-state index in [1.54, 1.807) is 12.1 Å². The van der Waals surface area contributed by atoms with Crippen LogP contribution < -0.4 is 10.5 Å². The number of unbranched alkanes of at least 4 members (excludes halogenated alkanes) is 1. The summed E-state index contributed by atoms with van der Waals surface area (Å²) in [6.07, 6.45) is 3.83. The first kappa shape index (κ1) is 18.6. The second-order valence-corrected chi connectivity index (χ2v) is 5.87. The first-order chi connectivity index (χ1) is 13.1. The number of aliphatic hydroxyl groups excluding tert-OH is 1. The van der Waals surface area contributed by atoms with Gasteiger partial charge in [0.1, 0.15) is 24.3 Å². The molecule has 0 amide bonds. The zero-order chi connectivity index (χ0) is 19.2. The van der Waals surface area contributed by atoms with Crippen molar-refractivity contribution in [2.24, 2.45) is 5.16 Å². The predicted octanol–water partition coefficient (Wildman–Crippen LogP) is 2.90. The number of halogens is 1. The zero-order valence-electron chi connectivity index (χ0n) is 14.8. The number of H-pyrrole nitrogens is 1. The monoisotopic (exact) mass is 373 g/mol. The summed E-state index contributed by atoms with van der Waals surface area (Å²) in [7, 11) is 0. The van der Waals surface area contributed by atoms with Crippen LogP contribution in [0.3, 0.4) is 0 Å². The number of nitrogens with zero attached hydrogens (tertiary/aromatic N) is 3. The van der Waals surface area contributed by atoms with Crippen LogP contribution >= 0.6 is 0 Å². The quantitative estimate of drug-likeness (QED) is 0.317. The highest BCUT2D eigenvalue weighted by molar-refractivity contribution is 5.88. The Labute approximate surface area is 154 Å². The Balaban J connectivity index is 1.82. The summed E-state index contributed by atoms with van der Waals surface area (Å²) in [5, 5.41) is 13.0. The van der Waals surface area contributed by atoms with Crippen molar-refractivity contribution in [1.82, 2.24) is 15.0 Å². The van der Waals surface area contributed by atoms with E-state index in [1.165, 1.54) is 18.6 Å². The van der Waals surface area contributed by atoms with Crippen molar-refractivity contribution in [2.75, 3.05) is 18.9 Å². The van der Waals surface area contributed by atoms with Gasteiger partial charge in [0.2, 0.25) is 5.88 Å². The number of oxime groups is 1. The van der Waals surface area contributed by atoms with Gasteiger partial charge in [0.05, 0.1) is 6.21 Å². The van der Waals surface area contributed by atoms with Crippen LogP contribution in [0.25, 0.3) is 10.9 Å². The van der Waals surface area contributed by atoms with Gasteiger partial charge in [0, 0.05) is 23.2 Å². The number of benzene rings is 1. The van der Waals surface area contributed by atoms with E-state index in [2.05, 4.69) is 20.1 Å². The molecule has 0 aliphatic carbocycles. The van der Waals surface area contributed by atoms with Crippen molar-refractivity contribution in [2.45, 2.75) is 19.8 Å². The number of nitrogen functional groups attached to an aromatic ring is 1. The third kappa shape index (κ3) is 4.32. The predicted molar refractivity (Wildman–Crippen MR) is 99.4 cm³/mol. The lowest BCUT2D eigenvalue weighted by molar-refractivity contribution is 0.135. The Morgan fingerprint density at radius 3 is 3.00 bits per heavy atom. The van der Waals surface area contributed by atoms with E-state index in [0.29, 0.717) is 30.4 Å². The summed E-state index contributed by atoms with van der Waals surface area (Å²) in [5.74, 6) is -0.298. The van der Waals surface area contributed by atoms with E-state index in [1.807, 2.05) is 6.92 Å². The van der Waals surface area contributed by atoms with Crippen LogP contribution in [-0.4, -0.2) is 39.5 Å². The second-order valence-electron chi connectivity index (χ2n) is 5.87. The average Bonchev–Trinajstić information content (AvgIpc) is 3.03. The van der Waals surface area contributed by atoms with E-state index in [0.717, 1.165) is 5.69 Å². The highest BCUT2D eigenvalue weighted by atomic mass is 19.1. The topological polar surface area (TPSA) is 119 Å². The molecule has 0 saturated carbocycles. The fraction of sp³-hybridized carbons (Fsp3) is 0.278. The molecule has 4 N–H and O–H groups in total. The standard InChI is InChI=1S/C18H20FN5O3/c1-11-8-12-14(24-11)4-5-15(16(12)19)27-18-13(17(20)21-10-22-18)9-23-26-7-3-2-6-25/h4-5,8-10,24-25H,2-3,6-7H2,1H3,(H2,20,21,22)/b23-9+. The minimum Gasteiger partial charge on any atom is -0.435 e. The number of nitrogens with two attached hydrogens (primary N) is 1. The van der Waals surface area contributed by atoms with Gasteiger partial charge in [-0.15, -0.1) is 0 Å². The van der Waals surface area contributed by atoms with Crippen LogP contribution in [0.5, 0.6) is 11.6 Å². The molecule has 8 nitrogen and oxygen atoms in total. The van der Waals surface area contributed by atoms with Gasteiger partial charge in [-0.2, -0.15) is 0 Å². The highest BCUT2D eigenvalue weighted by Gasteiger charge is 2.15. The molecule has 0 bridgehead atoms. The van der Waals surface area contributed by atoms with Gasteiger partial charge in [-0.05, 0) is 38.0 Å². The largest absolute Gasteiger partial charge is 0.435 e. The smallest absolute Gasteiger partial charge is 0.233 e. The molecular formula is C18H20FN5O3. The number of aliphatic hydroxyl groups is 1. The normalized spacial score (nSPS) is 11.4. The number of rotatable bonds is 8. The Hall–Kier alpha value is -3.20. The first-order valence-electron chi connectivity index (χ1n) is 8.42. The van der Waals surface area contributed by atoms with Crippen molar-refractivity contribution in [1.29, 1.82) is 0 Å². The molecule has 0 spiro atoms. The van der Waals surface area contributed by atoms with E-state index < -0.39 is 5.82 Å². The third-order valence-electron chi connectivity index (χ3n) is 3.82. The van der Waals surface area contributed by atoms with Crippen molar-refractivity contribution >= 4 is 22.9 Å². The van der Waals surface area contributed by atoms with E-state index in [9.17, 15) is 4.39 Å². The maximum atomic E-state index is 14.7. The molecule has 0 radical (unpaired) electrons. The molecule has 2 aromatic heterocycles. The Morgan fingerprint density at radius 2 is 2.19 bits per heavy atom. The summed E-state index contributed by atoms with van der Waals surface area (Å²) in [6.45, 7) is 2.29. The van der Waals surface area contributed by atoms with E-state index in [-0.39, 0.29) is 29.6 Å². The molecule has 2 heterocycles. The lowest BCUT2D eigenvalue weighted by Gasteiger charge is -2.09. The van der Waals surface area contributed by atoms with Gasteiger partial charge in [-0.25, -0.2) is 14.4 Å². The zero-order valence-corrected chi connectivity index (χ0v) is 14.8. The Morgan fingerprint density at radius 1 is 1.33 bits per heavy atom. The number of fused-ring (bicyclic) bond motifs is 1. The van der Waals surface area contributed by atoms with Crippen LogP contribution in [0, 0.1) is 12.7 Å². The maximum Gasteiger partial charge on any atom is 0.233 e. The van der Waals surface area contributed by atoms with Gasteiger partial charge < -0.3 is 25.4 Å². The summed E-state index contributed by atoms with van der Waals surface area (Å²) in [6, 6.07) is 4.94. The number of aryl methyl sites for hydroxylation is 1. The molecule has 0 unspecified atom stereocenters. The minimum absolute atomic E-state index is 0.0121. The number of aromatic nitrogens is 3. The second kappa shape index (κ2) is 8.45.